The average molecular weight is 540 g/mol. The summed E-state index contributed by atoms with van der Waals surface area (Å²) in [5.74, 6) is -0.551. The van der Waals surface area contributed by atoms with Crippen LogP contribution < -0.4 is 19.8 Å². The van der Waals surface area contributed by atoms with Crippen molar-refractivity contribution in [2.75, 3.05) is 38.3 Å². The van der Waals surface area contributed by atoms with Crippen molar-refractivity contribution in [1.29, 1.82) is 0 Å². The number of carbonyl (C=O) groups excluding carboxylic acids is 1. The van der Waals surface area contributed by atoms with E-state index in [1.165, 1.54) is 18.4 Å². The van der Waals surface area contributed by atoms with Crippen LogP contribution in [0.3, 0.4) is 0 Å². The van der Waals surface area contributed by atoms with Crippen molar-refractivity contribution in [2.45, 2.75) is 26.8 Å². The van der Waals surface area contributed by atoms with Crippen LogP contribution in [0.2, 0.25) is 5.02 Å². The maximum Gasteiger partial charge on any atom is 0.338 e. The summed E-state index contributed by atoms with van der Waals surface area (Å²) in [7, 11) is 1.53. The van der Waals surface area contributed by atoms with Crippen molar-refractivity contribution in [3.05, 3.63) is 95.6 Å². The predicted octanol–water partition coefficient (Wildman–Crippen LogP) is 3.92. The summed E-state index contributed by atoms with van der Waals surface area (Å²) in [6, 6.07) is 14.6. The van der Waals surface area contributed by atoms with Crippen molar-refractivity contribution in [3.8, 4) is 0 Å². The van der Waals surface area contributed by atoms with Gasteiger partial charge in [-0.05, 0) is 56.2 Å². The molecule has 1 aliphatic heterocycles. The summed E-state index contributed by atoms with van der Waals surface area (Å²) < 4.78 is 12.5. The fourth-order valence-electron chi connectivity index (χ4n) is 4.39. The first-order chi connectivity index (χ1) is 17.9. The van der Waals surface area contributed by atoms with Gasteiger partial charge in [0.2, 0.25) is 0 Å². The number of anilines is 1. The van der Waals surface area contributed by atoms with Gasteiger partial charge in [0, 0.05) is 30.9 Å². The van der Waals surface area contributed by atoms with Gasteiger partial charge in [-0.25, -0.2) is 9.79 Å². The molecule has 1 unspecified atom stereocenters. The molecule has 0 spiro atoms. The van der Waals surface area contributed by atoms with Crippen LogP contribution in [0.25, 0.3) is 6.08 Å². The van der Waals surface area contributed by atoms with Crippen molar-refractivity contribution < 1.29 is 14.3 Å². The first-order valence-corrected chi connectivity index (χ1v) is 13.4. The molecule has 1 atom stereocenters. The number of hydrogen-bond donors (Lipinski definition) is 0. The number of benzene rings is 2. The van der Waals surface area contributed by atoms with Crippen LogP contribution in [0.1, 0.15) is 37.9 Å². The van der Waals surface area contributed by atoms with Gasteiger partial charge in [-0.3, -0.25) is 9.36 Å². The molecule has 9 heteroatoms. The Morgan fingerprint density at radius 1 is 1.14 bits per heavy atom. The second-order valence-corrected chi connectivity index (χ2v) is 9.91. The summed E-state index contributed by atoms with van der Waals surface area (Å²) in [5.41, 5.74) is 3.21. The highest BCUT2D eigenvalue weighted by atomic mass is 35.5. The number of nitrogens with zero attached hydrogens (tertiary/aromatic N) is 3. The monoisotopic (exact) mass is 539 g/mol. The van der Waals surface area contributed by atoms with E-state index >= 15 is 0 Å². The van der Waals surface area contributed by atoms with E-state index in [1.54, 1.807) is 17.6 Å². The lowest BCUT2D eigenvalue weighted by molar-refractivity contribution is -0.140. The molecule has 194 valence electrons. The predicted molar refractivity (Wildman–Crippen MR) is 148 cm³/mol. The molecule has 0 bridgehead atoms. The maximum absolute atomic E-state index is 13.8. The minimum absolute atomic E-state index is 0.0925. The first kappa shape index (κ1) is 26.9. The van der Waals surface area contributed by atoms with E-state index in [0.29, 0.717) is 25.6 Å². The number of fused-ring (bicyclic) bond motifs is 1. The Hall–Kier alpha value is -3.20. The smallest absolute Gasteiger partial charge is 0.338 e. The molecule has 0 fully saturated rings. The lowest BCUT2D eigenvalue weighted by Crippen LogP contribution is -2.40. The third kappa shape index (κ3) is 5.56. The molecule has 0 saturated heterocycles. The Kier molecular flexibility index (Phi) is 8.63. The molecule has 0 amide bonds. The quantitative estimate of drug-likeness (QED) is 0.304. The first-order valence-electron chi connectivity index (χ1n) is 12.2. The van der Waals surface area contributed by atoms with Gasteiger partial charge in [0.05, 0.1) is 22.4 Å². The van der Waals surface area contributed by atoms with Crippen LogP contribution in [-0.2, 0) is 14.3 Å². The SMILES string of the molecule is CCN(CC)c1ccc(/C=c2\sc3n(c2=O)C(c2ccccc2Cl)C(C(=O)OCCOC)=C(C)N=3)cc1. The number of aromatic nitrogens is 1. The van der Waals surface area contributed by atoms with Gasteiger partial charge in [-0.1, -0.05) is 53.3 Å². The lowest BCUT2D eigenvalue weighted by Gasteiger charge is -2.25. The van der Waals surface area contributed by atoms with Crippen LogP contribution in [0, 0.1) is 0 Å². The summed E-state index contributed by atoms with van der Waals surface area (Å²) in [6.45, 7) is 8.20. The number of carbonyl (C=O) groups is 1. The number of ether oxygens (including phenoxy) is 2. The van der Waals surface area contributed by atoms with Crippen LogP contribution in [0.4, 0.5) is 5.69 Å². The van der Waals surface area contributed by atoms with E-state index in [-0.39, 0.29) is 24.3 Å². The number of esters is 1. The van der Waals surface area contributed by atoms with Crippen molar-refractivity contribution in [2.24, 2.45) is 4.99 Å². The van der Waals surface area contributed by atoms with E-state index in [9.17, 15) is 9.59 Å². The highest BCUT2D eigenvalue weighted by molar-refractivity contribution is 7.07. The molecule has 0 aliphatic carbocycles. The van der Waals surface area contributed by atoms with Gasteiger partial charge in [-0.2, -0.15) is 0 Å². The Balaban J connectivity index is 1.82. The molecule has 0 saturated carbocycles. The summed E-state index contributed by atoms with van der Waals surface area (Å²) in [6.07, 6.45) is 1.86. The number of allylic oxidation sites excluding steroid dienone is 1. The van der Waals surface area contributed by atoms with Gasteiger partial charge in [0.15, 0.2) is 4.80 Å². The van der Waals surface area contributed by atoms with Crippen LogP contribution in [-0.4, -0.2) is 43.9 Å². The number of halogens is 1. The third-order valence-electron chi connectivity index (χ3n) is 6.28. The average Bonchev–Trinajstić information content (AvgIpc) is 3.19. The molecular weight excluding hydrogens is 510 g/mol. The zero-order chi connectivity index (χ0) is 26.5. The second kappa shape index (κ2) is 11.9. The Morgan fingerprint density at radius 2 is 1.84 bits per heavy atom. The van der Waals surface area contributed by atoms with Crippen LogP contribution in [0.5, 0.6) is 0 Å². The van der Waals surface area contributed by atoms with E-state index in [1.807, 2.05) is 36.4 Å². The van der Waals surface area contributed by atoms with Crippen LogP contribution >= 0.6 is 22.9 Å². The fraction of sp³-hybridized carbons (Fsp3) is 0.321. The lowest BCUT2D eigenvalue weighted by atomic mass is 9.96. The Morgan fingerprint density at radius 3 is 2.49 bits per heavy atom. The number of rotatable bonds is 9. The van der Waals surface area contributed by atoms with E-state index in [0.717, 1.165) is 24.3 Å². The minimum atomic E-state index is -0.757. The Bertz CT molecular complexity index is 1490. The standard InChI is InChI=1S/C28H30ClN3O4S/c1-5-31(6-2)20-13-11-19(12-14-20)17-23-26(33)32-25(21-9-7-8-10-22(21)29)24(18(3)30-28(32)37-23)27(34)36-16-15-35-4/h7-14,17,25H,5-6,15-16H2,1-4H3/b23-17-. The molecule has 37 heavy (non-hydrogen) atoms. The molecular formula is C28H30ClN3O4S. The maximum atomic E-state index is 13.8. The molecule has 0 N–H and O–H groups in total. The largest absolute Gasteiger partial charge is 0.460 e. The minimum Gasteiger partial charge on any atom is -0.460 e. The Labute approximate surface area is 224 Å². The second-order valence-electron chi connectivity index (χ2n) is 8.50. The zero-order valence-electron chi connectivity index (χ0n) is 21.4. The van der Waals surface area contributed by atoms with Crippen LogP contribution in [0.15, 0.2) is 69.6 Å². The molecule has 4 rings (SSSR count). The fourth-order valence-corrected chi connectivity index (χ4v) is 5.68. The molecule has 2 heterocycles. The summed E-state index contributed by atoms with van der Waals surface area (Å²) in [4.78, 5) is 34.3. The van der Waals surface area contributed by atoms with Gasteiger partial charge >= 0.3 is 5.97 Å². The molecule has 3 aromatic rings. The van der Waals surface area contributed by atoms with E-state index in [4.69, 9.17) is 21.1 Å². The van der Waals surface area contributed by atoms with E-state index < -0.39 is 12.0 Å². The highest BCUT2D eigenvalue weighted by Gasteiger charge is 2.34. The molecule has 2 aromatic carbocycles. The molecule has 1 aliphatic rings. The molecule has 1 aromatic heterocycles. The number of methoxy groups -OCH3 is 1. The van der Waals surface area contributed by atoms with Gasteiger partial charge < -0.3 is 14.4 Å². The zero-order valence-corrected chi connectivity index (χ0v) is 22.9. The molecule has 7 nitrogen and oxygen atoms in total. The van der Waals surface area contributed by atoms with Gasteiger partial charge in [0.1, 0.15) is 12.6 Å². The topological polar surface area (TPSA) is 73.1 Å². The van der Waals surface area contributed by atoms with Crippen molar-refractivity contribution in [3.63, 3.8) is 0 Å². The van der Waals surface area contributed by atoms with Gasteiger partial charge in [-0.15, -0.1) is 0 Å². The summed E-state index contributed by atoms with van der Waals surface area (Å²) >= 11 is 7.86. The molecule has 0 radical (unpaired) electrons. The third-order valence-corrected chi connectivity index (χ3v) is 7.61. The van der Waals surface area contributed by atoms with E-state index in [2.05, 4.69) is 35.9 Å². The number of hydrogen-bond acceptors (Lipinski definition) is 7. The normalized spacial score (nSPS) is 15.4. The van der Waals surface area contributed by atoms with Gasteiger partial charge in [0.25, 0.3) is 5.56 Å². The summed E-state index contributed by atoms with van der Waals surface area (Å²) in [5, 5.41) is 0.450. The van der Waals surface area contributed by atoms with Crippen molar-refractivity contribution >= 4 is 40.7 Å². The highest BCUT2D eigenvalue weighted by Crippen LogP contribution is 2.34. The number of thiazole rings is 1. The van der Waals surface area contributed by atoms with Crippen molar-refractivity contribution in [1.82, 2.24) is 4.57 Å².